The summed E-state index contributed by atoms with van der Waals surface area (Å²) in [6.07, 6.45) is 7.93. The first-order valence-corrected chi connectivity index (χ1v) is 12.1. The molecule has 0 spiro atoms. The first-order valence-electron chi connectivity index (χ1n) is 10.3. The summed E-state index contributed by atoms with van der Waals surface area (Å²) in [5, 5.41) is 6.52. The number of nitrogens with one attached hydrogen (secondary N) is 3. The quantitative estimate of drug-likeness (QED) is 0.373. The Labute approximate surface area is 196 Å². The van der Waals surface area contributed by atoms with E-state index in [0.717, 1.165) is 15.9 Å². The summed E-state index contributed by atoms with van der Waals surface area (Å²) in [5.74, 6) is 0.368. The second kappa shape index (κ2) is 9.32. The molecule has 0 atom stereocenters. The highest BCUT2D eigenvalue weighted by molar-refractivity contribution is 7.92. The number of rotatable bonds is 7. The van der Waals surface area contributed by atoms with E-state index in [1.54, 1.807) is 55.7 Å². The van der Waals surface area contributed by atoms with Crippen LogP contribution in [0.2, 0.25) is 0 Å². The Morgan fingerprint density at radius 2 is 1.88 bits per heavy atom. The molecule has 174 valence electrons. The zero-order valence-electron chi connectivity index (χ0n) is 18.8. The highest BCUT2D eigenvalue weighted by atomic mass is 32.2. The van der Waals surface area contributed by atoms with E-state index < -0.39 is 10.0 Å². The first kappa shape index (κ1) is 22.9. The molecule has 0 saturated carbocycles. The molecular formula is C23H23N7O3S. The molecule has 4 aromatic rings. The molecule has 10 nitrogen and oxygen atoms in total. The van der Waals surface area contributed by atoms with Crippen LogP contribution in [0.25, 0.3) is 23.2 Å². The summed E-state index contributed by atoms with van der Waals surface area (Å²) >= 11 is 0. The predicted octanol–water partition coefficient (Wildman–Crippen LogP) is 3.02. The Balaban J connectivity index is 1.73. The number of carbonyl (C=O) groups is 1. The van der Waals surface area contributed by atoms with Crippen molar-refractivity contribution in [1.82, 2.24) is 25.3 Å². The van der Waals surface area contributed by atoms with Gasteiger partial charge in [0.05, 0.1) is 23.2 Å². The Morgan fingerprint density at radius 1 is 1.09 bits per heavy atom. The van der Waals surface area contributed by atoms with Gasteiger partial charge in [0.2, 0.25) is 16.0 Å². The van der Waals surface area contributed by atoms with Gasteiger partial charge in [-0.05, 0) is 42.5 Å². The number of hydrogen-bond acceptors (Lipinski definition) is 7. The van der Waals surface area contributed by atoms with Gasteiger partial charge in [0.1, 0.15) is 11.5 Å². The first-order chi connectivity index (χ1) is 16.3. The molecule has 3 heterocycles. The van der Waals surface area contributed by atoms with Crippen molar-refractivity contribution in [2.45, 2.75) is 0 Å². The number of benzene rings is 1. The maximum Gasteiger partial charge on any atom is 0.253 e. The van der Waals surface area contributed by atoms with Crippen LogP contribution in [0.5, 0.6) is 0 Å². The third-order valence-electron chi connectivity index (χ3n) is 5.12. The van der Waals surface area contributed by atoms with Crippen molar-refractivity contribution < 1.29 is 13.2 Å². The fraction of sp³-hybridized carbons (Fsp3) is 0.130. The Kier molecular flexibility index (Phi) is 6.28. The van der Waals surface area contributed by atoms with Crippen molar-refractivity contribution in [1.29, 1.82) is 0 Å². The van der Waals surface area contributed by atoms with Crippen molar-refractivity contribution in [2.24, 2.45) is 0 Å². The molecule has 3 N–H and O–H groups in total. The van der Waals surface area contributed by atoms with E-state index in [-0.39, 0.29) is 5.91 Å². The molecule has 11 heteroatoms. The number of aromatic amines is 1. The topological polar surface area (TPSA) is 133 Å². The third kappa shape index (κ3) is 4.74. The zero-order valence-corrected chi connectivity index (χ0v) is 19.6. The SMILES string of the molecule is CNC(=O)c1ccccc1Nc1nc(C=Cc2cccnc2N(C)S(C)(=O)=O)c2cc[nH]c2n1. The van der Waals surface area contributed by atoms with Gasteiger partial charge in [-0.3, -0.25) is 9.10 Å². The Morgan fingerprint density at radius 3 is 2.65 bits per heavy atom. The molecule has 34 heavy (non-hydrogen) atoms. The average Bonchev–Trinajstić information content (AvgIpc) is 3.30. The molecule has 0 saturated heterocycles. The maximum absolute atomic E-state index is 12.2. The lowest BCUT2D eigenvalue weighted by atomic mass is 10.1. The molecule has 3 aromatic heterocycles. The van der Waals surface area contributed by atoms with Gasteiger partial charge in [-0.2, -0.15) is 4.98 Å². The van der Waals surface area contributed by atoms with Crippen molar-refractivity contribution in [3.63, 3.8) is 0 Å². The second-order valence-electron chi connectivity index (χ2n) is 7.40. The summed E-state index contributed by atoms with van der Waals surface area (Å²) in [5.41, 5.74) is 2.84. The summed E-state index contributed by atoms with van der Waals surface area (Å²) in [7, 11) is -0.457. The van der Waals surface area contributed by atoms with Crippen LogP contribution in [-0.2, 0) is 10.0 Å². The molecule has 1 aromatic carbocycles. The van der Waals surface area contributed by atoms with E-state index in [1.807, 2.05) is 12.1 Å². The van der Waals surface area contributed by atoms with Crippen molar-refractivity contribution in [2.75, 3.05) is 30.0 Å². The van der Waals surface area contributed by atoms with Crippen LogP contribution >= 0.6 is 0 Å². The number of para-hydroxylation sites is 1. The molecule has 4 rings (SSSR count). The van der Waals surface area contributed by atoms with Crippen LogP contribution in [0.4, 0.5) is 17.5 Å². The second-order valence-corrected chi connectivity index (χ2v) is 9.42. The van der Waals surface area contributed by atoms with E-state index >= 15 is 0 Å². The van der Waals surface area contributed by atoms with Crippen LogP contribution in [0, 0.1) is 0 Å². The van der Waals surface area contributed by atoms with Gasteiger partial charge in [-0.1, -0.05) is 12.1 Å². The van der Waals surface area contributed by atoms with E-state index in [2.05, 4.69) is 30.6 Å². The molecule has 0 fully saturated rings. The largest absolute Gasteiger partial charge is 0.355 e. The molecular weight excluding hydrogens is 454 g/mol. The molecule has 0 aliphatic carbocycles. The molecule has 0 aliphatic heterocycles. The Hall–Kier alpha value is -4.25. The number of fused-ring (bicyclic) bond motifs is 1. The van der Waals surface area contributed by atoms with E-state index in [9.17, 15) is 13.2 Å². The zero-order chi connectivity index (χ0) is 24.3. The van der Waals surface area contributed by atoms with Gasteiger partial charge in [-0.15, -0.1) is 0 Å². The average molecular weight is 478 g/mol. The molecule has 1 amide bonds. The summed E-state index contributed by atoms with van der Waals surface area (Å²) in [6, 6.07) is 12.4. The van der Waals surface area contributed by atoms with Gasteiger partial charge < -0.3 is 15.6 Å². The smallest absolute Gasteiger partial charge is 0.253 e. The molecule has 0 unspecified atom stereocenters. The number of anilines is 3. The van der Waals surface area contributed by atoms with Crippen molar-refractivity contribution in [3.8, 4) is 0 Å². The molecule has 0 aliphatic rings. The lowest BCUT2D eigenvalue weighted by molar-refractivity contribution is 0.0964. The monoisotopic (exact) mass is 477 g/mol. The summed E-state index contributed by atoms with van der Waals surface area (Å²) in [4.78, 5) is 28.6. The summed E-state index contributed by atoms with van der Waals surface area (Å²) in [6.45, 7) is 0. The minimum absolute atomic E-state index is 0.233. The number of carbonyl (C=O) groups excluding carboxylic acids is 1. The van der Waals surface area contributed by atoms with Gasteiger partial charge in [0.25, 0.3) is 5.91 Å². The van der Waals surface area contributed by atoms with Gasteiger partial charge in [-0.25, -0.2) is 18.4 Å². The van der Waals surface area contributed by atoms with E-state index in [4.69, 9.17) is 0 Å². The lowest BCUT2D eigenvalue weighted by Gasteiger charge is -2.17. The van der Waals surface area contributed by atoms with E-state index in [1.165, 1.54) is 13.2 Å². The van der Waals surface area contributed by atoms with Crippen LogP contribution in [0.1, 0.15) is 21.6 Å². The third-order valence-corrected chi connectivity index (χ3v) is 6.29. The van der Waals surface area contributed by atoms with Crippen LogP contribution in [0.15, 0.2) is 54.9 Å². The normalized spacial score (nSPS) is 11.6. The number of pyridine rings is 1. The molecule has 0 radical (unpaired) electrons. The van der Waals surface area contributed by atoms with Crippen LogP contribution < -0.4 is 14.9 Å². The van der Waals surface area contributed by atoms with E-state index in [0.29, 0.717) is 39.9 Å². The Bertz CT molecular complexity index is 1500. The fourth-order valence-corrected chi connectivity index (χ4v) is 3.79. The summed E-state index contributed by atoms with van der Waals surface area (Å²) < 4.78 is 25.2. The highest BCUT2D eigenvalue weighted by Gasteiger charge is 2.16. The predicted molar refractivity (Wildman–Crippen MR) is 133 cm³/mol. The van der Waals surface area contributed by atoms with Gasteiger partial charge >= 0.3 is 0 Å². The molecule has 0 bridgehead atoms. The maximum atomic E-state index is 12.2. The number of amides is 1. The van der Waals surface area contributed by atoms with Crippen LogP contribution in [0.3, 0.4) is 0 Å². The van der Waals surface area contributed by atoms with Gasteiger partial charge in [0, 0.05) is 37.4 Å². The number of sulfonamides is 1. The lowest BCUT2D eigenvalue weighted by Crippen LogP contribution is -2.26. The minimum Gasteiger partial charge on any atom is -0.355 e. The van der Waals surface area contributed by atoms with Crippen molar-refractivity contribution >= 4 is 56.6 Å². The number of aromatic nitrogens is 4. The number of H-pyrrole nitrogens is 1. The fourth-order valence-electron chi connectivity index (χ4n) is 3.32. The highest BCUT2D eigenvalue weighted by Crippen LogP contribution is 2.25. The van der Waals surface area contributed by atoms with Gasteiger partial charge in [0.15, 0.2) is 0 Å². The number of hydrogen-bond donors (Lipinski definition) is 3. The number of nitrogens with zero attached hydrogens (tertiary/aromatic N) is 4. The minimum atomic E-state index is -3.48. The standard InChI is InChI=1S/C23H23N7O3S/c1-24-22(31)17-8-4-5-9-18(17)27-23-28-19(16-12-14-25-20(16)29-23)11-10-15-7-6-13-26-21(15)30(2)34(3,32)33/h4-14H,1-3H3,(H,24,31)(H2,25,27,28,29). The van der Waals surface area contributed by atoms with Crippen LogP contribution in [-0.4, -0.2) is 54.6 Å². The van der Waals surface area contributed by atoms with Crippen molar-refractivity contribution in [3.05, 3.63) is 71.7 Å².